The first-order valence-corrected chi connectivity index (χ1v) is 12.5. The lowest BCUT2D eigenvalue weighted by Gasteiger charge is -2.25. The van der Waals surface area contributed by atoms with Gasteiger partial charge in [-0.05, 0) is 50.0 Å². The summed E-state index contributed by atoms with van der Waals surface area (Å²) >= 11 is 7.11. The fraction of sp³-hybridized carbons (Fsp3) is 0.652. The molecule has 5 nitrogen and oxygen atoms in total. The first-order valence-electron chi connectivity index (χ1n) is 10.9. The van der Waals surface area contributed by atoms with Crippen LogP contribution in [0.1, 0.15) is 57.6 Å². The van der Waals surface area contributed by atoms with Gasteiger partial charge in [0.25, 0.3) is 5.24 Å². The maximum Gasteiger partial charge on any atom is 0.281 e. The van der Waals surface area contributed by atoms with Gasteiger partial charge in [0.2, 0.25) is 5.91 Å². The lowest BCUT2D eigenvalue weighted by molar-refractivity contribution is -0.117. The van der Waals surface area contributed by atoms with Crippen molar-refractivity contribution in [1.29, 1.82) is 0 Å². The molecular formula is C23H37ClN2O3S. The van der Waals surface area contributed by atoms with Crippen molar-refractivity contribution in [3.63, 3.8) is 0 Å². The minimum atomic E-state index is -0.130. The van der Waals surface area contributed by atoms with E-state index in [1.165, 1.54) is 37.4 Å². The Bertz CT molecular complexity index is 649. The lowest BCUT2D eigenvalue weighted by Crippen LogP contribution is -2.35. The number of alkyl halides is 1. The highest BCUT2D eigenvalue weighted by molar-refractivity contribution is 8.13. The standard InChI is InChI=1S/C14H20ClNO2.C9H17NOS/c1-4-12-8-6-7-11(3)14(12)16(10-18-5-2)13(17)9-15;1-2-12-9(11)10-7-5-3-4-6-8-10/h6-8H,4-5,9-10H2,1-3H3;2-8H2,1H3. The van der Waals surface area contributed by atoms with Gasteiger partial charge in [-0.2, -0.15) is 0 Å². The fourth-order valence-corrected chi connectivity index (χ4v) is 4.13. The van der Waals surface area contributed by atoms with E-state index in [1.54, 1.807) is 4.90 Å². The molecule has 0 unspecified atom stereocenters. The maximum atomic E-state index is 12.0. The molecule has 0 aliphatic carbocycles. The number of anilines is 1. The molecule has 1 aliphatic heterocycles. The predicted octanol–water partition coefficient (Wildman–Crippen LogP) is 5.86. The predicted molar refractivity (Wildman–Crippen MR) is 129 cm³/mol. The highest BCUT2D eigenvalue weighted by Crippen LogP contribution is 2.26. The smallest absolute Gasteiger partial charge is 0.281 e. The van der Waals surface area contributed by atoms with Crippen LogP contribution in [0, 0.1) is 6.92 Å². The summed E-state index contributed by atoms with van der Waals surface area (Å²) in [5.41, 5.74) is 3.12. The van der Waals surface area contributed by atoms with Crippen molar-refractivity contribution in [2.45, 2.75) is 59.8 Å². The Morgan fingerprint density at radius 2 is 1.80 bits per heavy atom. The molecule has 1 heterocycles. The Morgan fingerprint density at radius 3 is 2.33 bits per heavy atom. The third-order valence-corrected chi connectivity index (χ3v) is 5.97. The van der Waals surface area contributed by atoms with E-state index in [0.717, 1.165) is 42.1 Å². The van der Waals surface area contributed by atoms with Crippen LogP contribution in [-0.4, -0.2) is 54.1 Å². The number of rotatable bonds is 7. The Kier molecular flexibility index (Phi) is 13.9. The SMILES string of the molecule is CCOCN(C(=O)CCl)c1c(C)cccc1CC.CCSC(=O)N1CCCCCC1. The summed E-state index contributed by atoms with van der Waals surface area (Å²) in [6.07, 6.45) is 5.84. The first-order chi connectivity index (χ1) is 14.5. The van der Waals surface area contributed by atoms with E-state index < -0.39 is 0 Å². The zero-order chi connectivity index (χ0) is 22.4. The van der Waals surface area contributed by atoms with Crippen molar-refractivity contribution < 1.29 is 14.3 Å². The van der Waals surface area contributed by atoms with Crippen molar-refractivity contribution in [3.05, 3.63) is 29.3 Å². The molecule has 1 aliphatic rings. The average Bonchev–Trinajstić information content (AvgIpc) is 3.05. The van der Waals surface area contributed by atoms with Crippen LogP contribution in [0.15, 0.2) is 18.2 Å². The molecule has 0 atom stereocenters. The van der Waals surface area contributed by atoms with Gasteiger partial charge in [-0.1, -0.05) is 56.7 Å². The van der Waals surface area contributed by atoms with Crippen LogP contribution in [0.4, 0.5) is 10.5 Å². The molecule has 0 radical (unpaired) electrons. The van der Waals surface area contributed by atoms with Gasteiger partial charge in [-0.3, -0.25) is 14.5 Å². The molecule has 0 aromatic heterocycles. The third kappa shape index (κ3) is 8.86. The van der Waals surface area contributed by atoms with E-state index in [4.69, 9.17) is 16.3 Å². The zero-order valence-corrected chi connectivity index (χ0v) is 20.5. The molecular weight excluding hydrogens is 420 g/mol. The molecule has 0 spiro atoms. The number of aryl methyl sites for hydroxylation is 2. The van der Waals surface area contributed by atoms with Crippen molar-refractivity contribution in [3.8, 4) is 0 Å². The first kappa shape index (κ1) is 26.8. The number of amides is 2. The minimum absolute atomic E-state index is 0.0371. The van der Waals surface area contributed by atoms with Crippen LogP contribution in [0.25, 0.3) is 0 Å². The number of para-hydroxylation sites is 1. The molecule has 0 saturated carbocycles. The molecule has 170 valence electrons. The number of nitrogens with zero attached hydrogens (tertiary/aromatic N) is 2. The quantitative estimate of drug-likeness (QED) is 0.381. The largest absolute Gasteiger partial charge is 0.361 e. The van der Waals surface area contributed by atoms with E-state index in [0.29, 0.717) is 6.61 Å². The topological polar surface area (TPSA) is 49.9 Å². The van der Waals surface area contributed by atoms with E-state index in [2.05, 4.69) is 6.92 Å². The van der Waals surface area contributed by atoms with Gasteiger partial charge in [0.1, 0.15) is 12.6 Å². The summed E-state index contributed by atoms with van der Waals surface area (Å²) in [5, 5.41) is 0.277. The van der Waals surface area contributed by atoms with Crippen LogP contribution in [0.3, 0.4) is 0 Å². The number of carbonyl (C=O) groups excluding carboxylic acids is 2. The number of thioether (sulfide) groups is 1. The van der Waals surface area contributed by atoms with E-state index in [9.17, 15) is 9.59 Å². The highest BCUT2D eigenvalue weighted by atomic mass is 35.5. The van der Waals surface area contributed by atoms with Crippen LogP contribution in [0.5, 0.6) is 0 Å². The second-order valence-corrected chi connectivity index (χ2v) is 8.60. The fourth-order valence-electron chi connectivity index (χ4n) is 3.38. The number of benzene rings is 1. The summed E-state index contributed by atoms with van der Waals surface area (Å²) in [6.45, 7) is 10.8. The Balaban J connectivity index is 0.000000325. The molecule has 1 aromatic rings. The monoisotopic (exact) mass is 456 g/mol. The molecule has 1 aromatic carbocycles. The number of likely N-dealkylation sites (tertiary alicyclic amines) is 1. The number of hydrogen-bond donors (Lipinski definition) is 0. The van der Waals surface area contributed by atoms with E-state index >= 15 is 0 Å². The molecule has 2 amide bonds. The molecule has 0 bridgehead atoms. The summed E-state index contributed by atoms with van der Waals surface area (Å²) in [7, 11) is 0. The van der Waals surface area contributed by atoms with Crippen molar-refractivity contribution in [2.75, 3.05) is 43.0 Å². The minimum Gasteiger partial charge on any atom is -0.361 e. The Labute approximate surface area is 191 Å². The van der Waals surface area contributed by atoms with Crippen LogP contribution >= 0.6 is 23.4 Å². The average molecular weight is 457 g/mol. The van der Waals surface area contributed by atoms with Crippen molar-refractivity contribution in [2.24, 2.45) is 0 Å². The lowest BCUT2D eigenvalue weighted by atomic mass is 10.0. The molecule has 30 heavy (non-hydrogen) atoms. The van der Waals surface area contributed by atoms with Gasteiger partial charge in [0.05, 0.1) is 5.69 Å². The summed E-state index contributed by atoms with van der Waals surface area (Å²) < 4.78 is 5.37. The second kappa shape index (κ2) is 15.5. The van der Waals surface area contributed by atoms with Gasteiger partial charge in [-0.15, -0.1) is 11.6 Å². The van der Waals surface area contributed by atoms with Crippen LogP contribution in [0.2, 0.25) is 0 Å². The van der Waals surface area contributed by atoms with Crippen molar-refractivity contribution >= 4 is 40.2 Å². The molecule has 0 N–H and O–H groups in total. The van der Waals surface area contributed by atoms with Crippen molar-refractivity contribution in [1.82, 2.24) is 4.90 Å². The number of ether oxygens (including phenoxy) is 1. The molecule has 2 rings (SSSR count). The van der Waals surface area contributed by atoms with Gasteiger partial charge in [0, 0.05) is 19.7 Å². The number of carbonyl (C=O) groups is 2. The van der Waals surface area contributed by atoms with Gasteiger partial charge in [-0.25, -0.2) is 0 Å². The Morgan fingerprint density at radius 1 is 1.13 bits per heavy atom. The molecule has 1 saturated heterocycles. The number of halogens is 1. The normalized spacial score (nSPS) is 13.8. The molecule has 1 fully saturated rings. The van der Waals surface area contributed by atoms with Crippen LogP contribution in [-0.2, 0) is 16.0 Å². The third-order valence-electron chi connectivity index (χ3n) is 4.94. The summed E-state index contributed by atoms with van der Waals surface area (Å²) in [4.78, 5) is 27.0. The molecule has 7 heteroatoms. The van der Waals surface area contributed by atoms with Gasteiger partial charge >= 0.3 is 0 Å². The number of hydrogen-bond acceptors (Lipinski definition) is 4. The van der Waals surface area contributed by atoms with E-state index in [1.807, 2.05) is 43.9 Å². The van der Waals surface area contributed by atoms with Gasteiger partial charge < -0.3 is 9.64 Å². The second-order valence-electron chi connectivity index (χ2n) is 7.11. The Hall–Kier alpha value is -1.24. The zero-order valence-electron chi connectivity index (χ0n) is 18.9. The highest BCUT2D eigenvalue weighted by Gasteiger charge is 2.19. The summed E-state index contributed by atoms with van der Waals surface area (Å²) in [5.74, 6) is 0.731. The van der Waals surface area contributed by atoms with E-state index in [-0.39, 0.29) is 23.8 Å². The van der Waals surface area contributed by atoms with Gasteiger partial charge in [0.15, 0.2) is 0 Å². The summed E-state index contributed by atoms with van der Waals surface area (Å²) in [6, 6.07) is 6.03. The van der Waals surface area contributed by atoms with Crippen LogP contribution < -0.4 is 4.90 Å². The maximum absolute atomic E-state index is 12.0.